The number of benzene rings is 1. The van der Waals surface area contributed by atoms with Crippen LogP contribution in [0.25, 0.3) is 0 Å². The van der Waals surface area contributed by atoms with Gasteiger partial charge in [-0.25, -0.2) is 14.6 Å². The third-order valence-corrected chi connectivity index (χ3v) is 2.62. The monoisotopic (exact) mass is 290 g/mol. The summed E-state index contributed by atoms with van der Waals surface area (Å²) in [5.41, 5.74) is 3.27. The maximum Gasteiger partial charge on any atom is 0.296 e. The molecule has 0 aliphatic carbocycles. The predicted molar refractivity (Wildman–Crippen MR) is 73.8 cm³/mol. The standard InChI is InChI=1S/C14H15FN4O2/c1-2-3-8-21-17-14(20)13-10-19(18-16-13)9-11-4-6-12(15)7-5-11/h2,4-7,10H,1,3,8-9H2,(H,17,20). The Kier molecular flexibility index (Phi) is 5.16. The average molecular weight is 290 g/mol. The molecule has 110 valence electrons. The van der Waals surface area contributed by atoms with E-state index in [1.54, 1.807) is 18.2 Å². The van der Waals surface area contributed by atoms with Gasteiger partial charge in [0.1, 0.15) is 5.82 Å². The van der Waals surface area contributed by atoms with E-state index in [1.807, 2.05) is 0 Å². The van der Waals surface area contributed by atoms with Crippen molar-refractivity contribution < 1.29 is 14.0 Å². The topological polar surface area (TPSA) is 69.0 Å². The molecule has 0 saturated heterocycles. The summed E-state index contributed by atoms with van der Waals surface area (Å²) in [4.78, 5) is 16.6. The SMILES string of the molecule is C=CCCONC(=O)c1cn(Cc2ccc(F)cc2)nn1. The van der Waals surface area contributed by atoms with Crippen LogP contribution in [0.5, 0.6) is 0 Å². The number of nitrogens with zero attached hydrogens (tertiary/aromatic N) is 3. The van der Waals surface area contributed by atoms with E-state index in [1.165, 1.54) is 23.0 Å². The van der Waals surface area contributed by atoms with Crippen LogP contribution in [-0.2, 0) is 11.4 Å². The van der Waals surface area contributed by atoms with Gasteiger partial charge < -0.3 is 0 Å². The second-order valence-corrected chi connectivity index (χ2v) is 4.28. The smallest absolute Gasteiger partial charge is 0.273 e. The van der Waals surface area contributed by atoms with E-state index in [0.29, 0.717) is 19.6 Å². The third kappa shape index (κ3) is 4.50. The number of nitrogens with one attached hydrogen (secondary N) is 1. The largest absolute Gasteiger partial charge is 0.296 e. The summed E-state index contributed by atoms with van der Waals surface area (Å²) in [7, 11) is 0. The molecule has 21 heavy (non-hydrogen) atoms. The number of hydrogen-bond donors (Lipinski definition) is 1. The number of rotatable bonds is 7. The van der Waals surface area contributed by atoms with Crippen molar-refractivity contribution in [3.8, 4) is 0 Å². The molecule has 0 fully saturated rings. The number of carbonyl (C=O) groups excluding carboxylic acids is 1. The molecule has 0 spiro atoms. The van der Waals surface area contributed by atoms with Crippen LogP contribution in [0.3, 0.4) is 0 Å². The number of halogens is 1. The summed E-state index contributed by atoms with van der Waals surface area (Å²) >= 11 is 0. The van der Waals surface area contributed by atoms with Gasteiger partial charge in [-0.05, 0) is 24.1 Å². The van der Waals surface area contributed by atoms with Crippen molar-refractivity contribution in [2.45, 2.75) is 13.0 Å². The fraction of sp³-hybridized carbons (Fsp3) is 0.214. The quantitative estimate of drug-likeness (QED) is 0.479. The number of hydroxylamine groups is 1. The van der Waals surface area contributed by atoms with Crippen molar-refractivity contribution in [2.24, 2.45) is 0 Å². The Morgan fingerprint density at radius 3 is 2.90 bits per heavy atom. The highest BCUT2D eigenvalue weighted by molar-refractivity contribution is 5.90. The van der Waals surface area contributed by atoms with Crippen LogP contribution in [0.4, 0.5) is 4.39 Å². The average Bonchev–Trinajstić information content (AvgIpc) is 2.94. The minimum absolute atomic E-state index is 0.149. The molecule has 1 aromatic heterocycles. The van der Waals surface area contributed by atoms with Gasteiger partial charge in [-0.2, -0.15) is 0 Å². The first kappa shape index (κ1) is 14.9. The number of amides is 1. The number of aromatic nitrogens is 3. The Morgan fingerprint density at radius 2 is 2.19 bits per heavy atom. The van der Waals surface area contributed by atoms with E-state index in [9.17, 15) is 9.18 Å². The summed E-state index contributed by atoms with van der Waals surface area (Å²) in [6.07, 6.45) is 3.82. The molecular weight excluding hydrogens is 275 g/mol. The molecule has 2 rings (SSSR count). The van der Waals surface area contributed by atoms with Gasteiger partial charge >= 0.3 is 0 Å². The Labute approximate surface area is 121 Å². The van der Waals surface area contributed by atoms with Crippen LogP contribution in [-0.4, -0.2) is 27.5 Å². The Morgan fingerprint density at radius 1 is 1.43 bits per heavy atom. The Hall–Kier alpha value is -2.54. The normalized spacial score (nSPS) is 10.3. The van der Waals surface area contributed by atoms with Crippen LogP contribution in [0.15, 0.2) is 43.1 Å². The number of carbonyl (C=O) groups is 1. The third-order valence-electron chi connectivity index (χ3n) is 2.62. The van der Waals surface area contributed by atoms with Gasteiger partial charge in [-0.1, -0.05) is 23.4 Å². The van der Waals surface area contributed by atoms with E-state index >= 15 is 0 Å². The molecule has 0 saturated carbocycles. The minimum atomic E-state index is -0.468. The molecule has 0 aliphatic heterocycles. The van der Waals surface area contributed by atoms with Crippen LogP contribution in [0.1, 0.15) is 22.5 Å². The molecule has 1 aromatic carbocycles. The lowest BCUT2D eigenvalue weighted by atomic mass is 10.2. The maximum absolute atomic E-state index is 12.8. The summed E-state index contributed by atoms with van der Waals surface area (Å²) in [6, 6.07) is 6.03. The highest BCUT2D eigenvalue weighted by Gasteiger charge is 2.10. The Balaban J connectivity index is 1.90. The zero-order valence-electron chi connectivity index (χ0n) is 11.3. The van der Waals surface area contributed by atoms with Crippen molar-refractivity contribution in [1.82, 2.24) is 20.5 Å². The highest BCUT2D eigenvalue weighted by atomic mass is 19.1. The Bertz CT molecular complexity index is 610. The molecule has 1 N–H and O–H groups in total. The minimum Gasteiger partial charge on any atom is -0.273 e. The lowest BCUT2D eigenvalue weighted by Gasteiger charge is -2.01. The summed E-state index contributed by atoms with van der Waals surface area (Å²) in [5.74, 6) is -0.765. The van der Waals surface area contributed by atoms with Crippen molar-refractivity contribution in [2.75, 3.05) is 6.61 Å². The summed E-state index contributed by atoms with van der Waals surface area (Å²) in [5, 5.41) is 7.60. The number of hydrogen-bond acceptors (Lipinski definition) is 4. The van der Waals surface area contributed by atoms with Gasteiger partial charge in [0.25, 0.3) is 5.91 Å². The van der Waals surface area contributed by atoms with Crippen molar-refractivity contribution in [3.05, 3.63) is 60.2 Å². The van der Waals surface area contributed by atoms with E-state index in [2.05, 4.69) is 22.4 Å². The van der Waals surface area contributed by atoms with Gasteiger partial charge in [-0.15, -0.1) is 11.7 Å². The van der Waals surface area contributed by atoms with Crippen LogP contribution in [0.2, 0.25) is 0 Å². The zero-order valence-corrected chi connectivity index (χ0v) is 11.3. The molecule has 1 heterocycles. The van der Waals surface area contributed by atoms with Crippen LogP contribution < -0.4 is 5.48 Å². The van der Waals surface area contributed by atoms with Crippen LogP contribution in [0, 0.1) is 5.82 Å². The summed E-state index contributed by atoms with van der Waals surface area (Å²) < 4.78 is 14.3. The molecule has 0 atom stereocenters. The first-order chi connectivity index (χ1) is 10.2. The molecule has 0 radical (unpaired) electrons. The van der Waals surface area contributed by atoms with Crippen molar-refractivity contribution >= 4 is 5.91 Å². The van der Waals surface area contributed by atoms with Gasteiger partial charge in [0.2, 0.25) is 0 Å². The van der Waals surface area contributed by atoms with Crippen molar-refractivity contribution in [3.63, 3.8) is 0 Å². The maximum atomic E-state index is 12.8. The zero-order chi connectivity index (χ0) is 15.1. The van der Waals surface area contributed by atoms with Gasteiger partial charge in [0.15, 0.2) is 5.69 Å². The second kappa shape index (κ2) is 7.30. The van der Waals surface area contributed by atoms with Crippen molar-refractivity contribution in [1.29, 1.82) is 0 Å². The van der Waals surface area contributed by atoms with E-state index in [4.69, 9.17) is 4.84 Å². The van der Waals surface area contributed by atoms with E-state index in [-0.39, 0.29) is 11.5 Å². The molecule has 0 aliphatic rings. The lowest BCUT2D eigenvalue weighted by Crippen LogP contribution is -2.24. The van der Waals surface area contributed by atoms with E-state index in [0.717, 1.165) is 5.56 Å². The molecule has 6 nitrogen and oxygen atoms in total. The first-order valence-corrected chi connectivity index (χ1v) is 6.36. The molecule has 0 unspecified atom stereocenters. The molecule has 7 heteroatoms. The van der Waals surface area contributed by atoms with E-state index < -0.39 is 5.91 Å². The second-order valence-electron chi connectivity index (χ2n) is 4.28. The van der Waals surface area contributed by atoms with Gasteiger partial charge in [-0.3, -0.25) is 9.63 Å². The fourth-order valence-corrected chi connectivity index (χ4v) is 1.57. The lowest BCUT2D eigenvalue weighted by molar-refractivity contribution is 0.0325. The van der Waals surface area contributed by atoms with Crippen LogP contribution >= 0.6 is 0 Å². The fourth-order valence-electron chi connectivity index (χ4n) is 1.57. The van der Waals surface area contributed by atoms with Gasteiger partial charge in [0.05, 0.1) is 19.3 Å². The predicted octanol–water partition coefficient (Wildman–Crippen LogP) is 1.70. The highest BCUT2D eigenvalue weighted by Crippen LogP contribution is 2.05. The van der Waals surface area contributed by atoms with Gasteiger partial charge in [0, 0.05) is 0 Å². The molecule has 1 amide bonds. The molecule has 0 bridgehead atoms. The summed E-state index contributed by atoms with van der Waals surface area (Å²) in [6.45, 7) is 4.29. The molecule has 2 aromatic rings. The first-order valence-electron chi connectivity index (χ1n) is 6.36. The molecular formula is C14H15FN4O2.